The van der Waals surface area contributed by atoms with E-state index in [4.69, 9.17) is 10.5 Å². The van der Waals surface area contributed by atoms with Gasteiger partial charge in [0.05, 0.1) is 18.6 Å². The third-order valence-electron chi connectivity index (χ3n) is 5.81. The molecule has 0 aliphatic carbocycles. The van der Waals surface area contributed by atoms with Crippen LogP contribution < -0.4 is 26.1 Å². The van der Waals surface area contributed by atoms with Gasteiger partial charge in [0.2, 0.25) is 5.91 Å². The topological polar surface area (TPSA) is 127 Å². The molecule has 2 aliphatic rings. The van der Waals surface area contributed by atoms with Crippen LogP contribution in [-0.4, -0.2) is 71.4 Å². The minimum atomic E-state index is -2.44. The van der Waals surface area contributed by atoms with E-state index in [1.807, 2.05) is 24.1 Å². The van der Waals surface area contributed by atoms with E-state index in [0.717, 1.165) is 31.5 Å². The summed E-state index contributed by atoms with van der Waals surface area (Å²) in [6.45, 7) is 4.76. The van der Waals surface area contributed by atoms with Crippen LogP contribution in [0.4, 0.5) is 17.3 Å². The highest BCUT2D eigenvalue weighted by molar-refractivity contribution is 7.71. The molecule has 0 radical (unpaired) electrons. The number of aromatic nitrogens is 3. The first-order chi connectivity index (χ1) is 15.4. The van der Waals surface area contributed by atoms with Gasteiger partial charge in [-0.3, -0.25) is 9.78 Å². The predicted molar refractivity (Wildman–Crippen MR) is 125 cm³/mol. The number of pyridine rings is 1. The van der Waals surface area contributed by atoms with Crippen LogP contribution in [-0.2, 0) is 15.9 Å². The summed E-state index contributed by atoms with van der Waals surface area (Å²) in [4.78, 5) is 29.5. The number of nitrogens with one attached hydrogen (secondary N) is 1. The van der Waals surface area contributed by atoms with Gasteiger partial charge in [0.1, 0.15) is 12.8 Å². The van der Waals surface area contributed by atoms with Gasteiger partial charge in [-0.05, 0) is 25.1 Å². The number of nitrogens with two attached hydrogens (primary N) is 1. The number of carbonyl (C=O) groups is 1. The highest BCUT2D eigenvalue weighted by atomic mass is 31.2. The number of nitrogens with zero attached hydrogens (tertiary/aromatic N) is 5. The number of unbranched alkanes of at least 4 members (excludes halogenated alkanes) is 1. The quantitative estimate of drug-likeness (QED) is 0.468. The lowest BCUT2D eigenvalue weighted by molar-refractivity contribution is -0.115. The van der Waals surface area contributed by atoms with Crippen molar-refractivity contribution in [2.45, 2.75) is 26.3 Å². The van der Waals surface area contributed by atoms with Gasteiger partial charge in [-0.25, -0.2) is 0 Å². The first-order valence-corrected chi connectivity index (χ1v) is 13.0. The fourth-order valence-corrected chi connectivity index (χ4v) is 6.44. The number of fused-ring (bicyclic) bond motifs is 1. The van der Waals surface area contributed by atoms with Crippen molar-refractivity contribution in [2.75, 3.05) is 61.6 Å². The Kier molecular flexibility index (Phi) is 6.62. The van der Waals surface area contributed by atoms with Gasteiger partial charge in [0, 0.05) is 38.2 Å². The van der Waals surface area contributed by atoms with Gasteiger partial charge >= 0.3 is 6.01 Å². The van der Waals surface area contributed by atoms with Crippen molar-refractivity contribution < 1.29 is 14.1 Å². The average molecular weight is 459 g/mol. The van der Waals surface area contributed by atoms with Gasteiger partial charge in [-0.15, -0.1) is 0 Å². The maximum absolute atomic E-state index is 13.3. The Labute approximate surface area is 187 Å². The van der Waals surface area contributed by atoms with E-state index in [1.54, 1.807) is 6.20 Å². The van der Waals surface area contributed by atoms with Crippen LogP contribution in [0.1, 0.15) is 25.3 Å². The lowest BCUT2D eigenvalue weighted by Gasteiger charge is -2.30. The van der Waals surface area contributed by atoms with Gasteiger partial charge in [-0.1, -0.05) is 19.4 Å². The number of amides is 1. The molecule has 3 N–H and O–H groups in total. The summed E-state index contributed by atoms with van der Waals surface area (Å²) in [7, 11) is -0.395. The van der Waals surface area contributed by atoms with Crippen molar-refractivity contribution >= 4 is 35.8 Å². The number of hydrogen-bond donors (Lipinski definition) is 2. The minimum absolute atomic E-state index is 0.129. The molecule has 0 aromatic carbocycles. The van der Waals surface area contributed by atoms with Crippen molar-refractivity contribution in [3.05, 3.63) is 23.9 Å². The molecule has 1 fully saturated rings. The van der Waals surface area contributed by atoms with Crippen LogP contribution >= 0.6 is 7.14 Å². The summed E-state index contributed by atoms with van der Waals surface area (Å²) < 4.78 is 18.9. The number of anilines is 3. The summed E-state index contributed by atoms with van der Waals surface area (Å²) in [5, 5.41) is 2.76. The number of rotatable bonds is 7. The van der Waals surface area contributed by atoms with E-state index in [2.05, 4.69) is 32.1 Å². The Morgan fingerprint density at radius 3 is 2.72 bits per heavy atom. The number of nitrogen functional groups attached to an aromatic ring is 1. The molecule has 1 saturated heterocycles. The van der Waals surface area contributed by atoms with E-state index >= 15 is 0 Å². The third-order valence-corrected chi connectivity index (χ3v) is 8.76. The van der Waals surface area contributed by atoms with Gasteiger partial charge in [-0.2, -0.15) is 9.97 Å². The third kappa shape index (κ3) is 4.86. The Bertz CT molecular complexity index is 1020. The molecule has 0 bridgehead atoms. The molecule has 11 heteroatoms. The van der Waals surface area contributed by atoms with Crippen LogP contribution in [0.25, 0.3) is 0 Å². The Morgan fingerprint density at radius 1 is 1.25 bits per heavy atom. The van der Waals surface area contributed by atoms with E-state index in [-0.39, 0.29) is 24.3 Å². The smallest absolute Gasteiger partial charge is 0.320 e. The van der Waals surface area contributed by atoms with Crippen LogP contribution in [0.15, 0.2) is 18.3 Å². The molecular formula is C21H30N7O3P. The first-order valence-electron chi connectivity index (χ1n) is 10.9. The molecule has 32 heavy (non-hydrogen) atoms. The second-order valence-electron chi connectivity index (χ2n) is 8.36. The molecular weight excluding hydrogens is 429 g/mol. The fraction of sp³-hybridized carbons (Fsp3) is 0.524. The number of hydrogen-bond acceptors (Lipinski definition) is 9. The highest BCUT2D eigenvalue weighted by Crippen LogP contribution is 2.45. The summed E-state index contributed by atoms with van der Waals surface area (Å²) in [5.74, 6) is 0.511. The maximum Gasteiger partial charge on any atom is 0.320 e. The molecule has 4 rings (SSSR count). The molecule has 4 heterocycles. The minimum Gasteiger partial charge on any atom is -0.463 e. The molecule has 0 saturated carbocycles. The molecule has 0 atom stereocenters. The molecule has 2 aliphatic heterocycles. The SMILES string of the molecule is CCCCOc1nc(N)c2c(n1)N(Cc1ccc(P3(=O)CCN(C)CC3)nc1)CC(=O)N2. The van der Waals surface area contributed by atoms with Crippen LogP contribution in [0.3, 0.4) is 0 Å². The van der Waals surface area contributed by atoms with Crippen LogP contribution in [0, 0.1) is 0 Å². The normalized spacial score (nSPS) is 18.2. The lowest BCUT2D eigenvalue weighted by Crippen LogP contribution is -2.39. The molecule has 172 valence electrons. The van der Waals surface area contributed by atoms with E-state index in [0.29, 0.717) is 42.4 Å². The van der Waals surface area contributed by atoms with Crippen molar-refractivity contribution in [3.8, 4) is 6.01 Å². The first kappa shape index (κ1) is 22.5. The van der Waals surface area contributed by atoms with Gasteiger partial charge in [0.25, 0.3) is 0 Å². The zero-order valence-corrected chi connectivity index (χ0v) is 19.5. The average Bonchev–Trinajstić information content (AvgIpc) is 2.77. The maximum atomic E-state index is 13.3. The molecule has 1 amide bonds. The number of carbonyl (C=O) groups excluding carboxylic acids is 1. The Morgan fingerprint density at radius 2 is 2.03 bits per heavy atom. The van der Waals surface area contributed by atoms with Crippen molar-refractivity contribution in [3.63, 3.8) is 0 Å². The van der Waals surface area contributed by atoms with E-state index in [9.17, 15) is 9.36 Å². The summed E-state index contributed by atoms with van der Waals surface area (Å²) in [6, 6.07) is 3.99. The van der Waals surface area contributed by atoms with Crippen molar-refractivity contribution in [1.82, 2.24) is 19.9 Å². The van der Waals surface area contributed by atoms with Crippen molar-refractivity contribution in [1.29, 1.82) is 0 Å². The van der Waals surface area contributed by atoms with Crippen molar-refractivity contribution in [2.24, 2.45) is 0 Å². The van der Waals surface area contributed by atoms with Crippen LogP contribution in [0.5, 0.6) is 6.01 Å². The summed E-state index contributed by atoms with van der Waals surface area (Å²) in [5.41, 5.74) is 8.04. The van der Waals surface area contributed by atoms with Crippen LogP contribution in [0.2, 0.25) is 0 Å². The standard InChI is InChI=1S/C21H30N7O3P/c1-3-4-9-31-21-25-19(22)18-20(26-21)28(14-16(29)24-18)13-15-5-6-17(23-12-15)32(30)10-7-27(2)8-11-32/h5-6,12H,3-4,7-11,13-14H2,1-2H3,(H,24,29)(H2,22,25,26). The lowest BCUT2D eigenvalue weighted by atomic mass is 10.2. The molecule has 0 unspecified atom stereocenters. The predicted octanol–water partition coefficient (Wildman–Crippen LogP) is 1.53. The zero-order chi connectivity index (χ0) is 22.7. The molecule has 2 aromatic heterocycles. The van der Waals surface area contributed by atoms with Gasteiger partial charge < -0.3 is 30.2 Å². The summed E-state index contributed by atoms with van der Waals surface area (Å²) in [6.07, 6.45) is 4.94. The monoisotopic (exact) mass is 459 g/mol. The Balaban J connectivity index is 1.53. The molecule has 0 spiro atoms. The van der Waals surface area contributed by atoms with Gasteiger partial charge in [0.15, 0.2) is 11.6 Å². The molecule has 10 nitrogen and oxygen atoms in total. The zero-order valence-electron chi connectivity index (χ0n) is 18.6. The molecule has 2 aromatic rings. The van der Waals surface area contributed by atoms with E-state index < -0.39 is 7.14 Å². The second kappa shape index (κ2) is 9.42. The second-order valence-corrected chi connectivity index (χ2v) is 11.5. The largest absolute Gasteiger partial charge is 0.463 e. The number of ether oxygens (including phenoxy) is 1. The highest BCUT2D eigenvalue weighted by Gasteiger charge is 2.31. The Hall–Kier alpha value is -2.71. The fourth-order valence-electron chi connectivity index (χ4n) is 3.81. The summed E-state index contributed by atoms with van der Waals surface area (Å²) >= 11 is 0. The van der Waals surface area contributed by atoms with E-state index in [1.165, 1.54) is 0 Å².